The van der Waals surface area contributed by atoms with Gasteiger partial charge in [0.15, 0.2) is 11.3 Å². The number of nitrogens with zero attached hydrogens (tertiary/aromatic N) is 9. The highest BCUT2D eigenvalue weighted by Gasteiger charge is 2.43. The number of nitriles is 1. The second-order valence-corrected chi connectivity index (χ2v) is 13.9. The van der Waals surface area contributed by atoms with Crippen molar-refractivity contribution in [3.05, 3.63) is 64.5 Å². The molecule has 2 aliphatic heterocycles. The lowest BCUT2D eigenvalue weighted by molar-refractivity contribution is -0.130. The fraction of sp³-hybridized carbons (Fsp3) is 0.371. The Hall–Kier alpha value is -4.44. The number of anilines is 1. The second kappa shape index (κ2) is 12.8. The van der Waals surface area contributed by atoms with Gasteiger partial charge < -0.3 is 14.7 Å². The third-order valence-electron chi connectivity index (χ3n) is 9.99. The van der Waals surface area contributed by atoms with Crippen LogP contribution in [-0.4, -0.2) is 92.7 Å². The first-order valence-electron chi connectivity index (χ1n) is 16.0. The molecule has 2 aromatic carbocycles. The third kappa shape index (κ3) is 5.54. The molecule has 5 heterocycles. The number of pyridine rings is 2. The molecule has 0 radical (unpaired) electrons. The number of fused-ring (bicyclic) bond motifs is 4. The number of benzene rings is 2. The number of alkyl halides is 1. The van der Waals surface area contributed by atoms with Gasteiger partial charge in [-0.2, -0.15) is 5.26 Å². The van der Waals surface area contributed by atoms with E-state index in [1.54, 1.807) is 35.4 Å². The molecule has 14 heteroatoms. The third-order valence-corrected chi connectivity index (χ3v) is 10.7. The van der Waals surface area contributed by atoms with Crippen molar-refractivity contribution in [1.29, 1.82) is 5.26 Å². The number of piperidine rings is 1. The Balaban J connectivity index is 1.41. The van der Waals surface area contributed by atoms with Gasteiger partial charge in [-0.25, -0.2) is 18.4 Å². The molecule has 7 rings (SSSR count). The van der Waals surface area contributed by atoms with Crippen LogP contribution in [0, 0.1) is 17.1 Å². The van der Waals surface area contributed by atoms with Crippen LogP contribution < -0.4 is 4.90 Å². The molecular formula is C35H33Cl2F2N9O. The maximum Gasteiger partial charge on any atom is 0.246 e. The number of likely N-dealkylation sites (N-methyl/N-ethyl adjacent to an activating group) is 1. The smallest absolute Gasteiger partial charge is 0.246 e. The number of carbonyl (C=O) groups excluding carboxylic acids is 1. The van der Waals surface area contributed by atoms with E-state index in [2.05, 4.69) is 38.1 Å². The second-order valence-electron chi connectivity index (χ2n) is 13.1. The molecule has 0 saturated carbocycles. The Morgan fingerprint density at radius 3 is 2.71 bits per heavy atom. The first kappa shape index (κ1) is 33.1. The SMILES string of the molecule is CN(C)C1(C)CN(c2nc3c(Cl)c(-c4ccc(F)c5cccnc45)c(Cl)cc3c3c2nnn3[C@H]2CCN(C(=O)/C=C/CF)[C@H](CC#N)C2)C1. The van der Waals surface area contributed by atoms with Crippen molar-refractivity contribution in [2.75, 3.05) is 45.3 Å². The van der Waals surface area contributed by atoms with E-state index in [1.807, 2.05) is 18.8 Å². The Kier molecular flexibility index (Phi) is 8.63. The van der Waals surface area contributed by atoms with Crippen molar-refractivity contribution in [2.24, 2.45) is 0 Å². The van der Waals surface area contributed by atoms with Crippen LogP contribution in [0.3, 0.4) is 0 Å². The summed E-state index contributed by atoms with van der Waals surface area (Å²) in [6.07, 6.45) is 5.08. The van der Waals surface area contributed by atoms with Gasteiger partial charge in [0.1, 0.15) is 18.0 Å². The predicted molar refractivity (Wildman–Crippen MR) is 187 cm³/mol. The van der Waals surface area contributed by atoms with E-state index in [9.17, 15) is 18.8 Å². The standard InChI is InChI=1S/C35H33Cl2F2N9O/c1-35(45(2)3)18-46(19-35)34-32-33(48(44-43-32)21-11-15-47(20(16-21)10-13-40)27(49)7-4-12-38)24-17-25(36)28(29(37)31(24)42-34)23-8-9-26(39)22-6-5-14-41-30(22)23/h4-9,14,17,20-21H,10-12,15-16,18-19H2,1-3H3/b7-4+/t20-,21+/m1/s1. The minimum atomic E-state index is -0.745. The van der Waals surface area contributed by atoms with Gasteiger partial charge in [-0.05, 0) is 70.3 Å². The normalized spacial score (nSPS) is 19.3. The summed E-state index contributed by atoms with van der Waals surface area (Å²) in [7, 11) is 4.09. The van der Waals surface area contributed by atoms with Gasteiger partial charge in [-0.15, -0.1) is 5.10 Å². The molecule has 0 spiro atoms. The van der Waals surface area contributed by atoms with Crippen LogP contribution in [0.5, 0.6) is 0 Å². The summed E-state index contributed by atoms with van der Waals surface area (Å²) in [5.41, 5.74) is 3.17. The first-order valence-corrected chi connectivity index (χ1v) is 16.7. The summed E-state index contributed by atoms with van der Waals surface area (Å²) in [6, 6.07) is 9.71. The number of hydrogen-bond acceptors (Lipinski definition) is 8. The number of likely N-dealkylation sites (tertiary alicyclic amines) is 1. The maximum atomic E-state index is 14.8. The lowest BCUT2D eigenvalue weighted by Crippen LogP contribution is -2.67. The van der Waals surface area contributed by atoms with Crippen molar-refractivity contribution in [3.8, 4) is 17.2 Å². The highest BCUT2D eigenvalue weighted by atomic mass is 35.5. The number of amides is 1. The van der Waals surface area contributed by atoms with Gasteiger partial charge in [-0.3, -0.25) is 9.78 Å². The lowest BCUT2D eigenvalue weighted by atomic mass is 9.90. The van der Waals surface area contributed by atoms with Crippen molar-refractivity contribution >= 4 is 67.8 Å². The van der Waals surface area contributed by atoms with Crippen molar-refractivity contribution < 1.29 is 13.6 Å². The van der Waals surface area contributed by atoms with Gasteiger partial charge in [0.2, 0.25) is 5.91 Å². The summed E-state index contributed by atoms with van der Waals surface area (Å²) >= 11 is 14.3. The molecule has 2 aliphatic rings. The van der Waals surface area contributed by atoms with E-state index >= 15 is 0 Å². The van der Waals surface area contributed by atoms with Crippen molar-refractivity contribution in [1.82, 2.24) is 34.8 Å². The minimum absolute atomic E-state index is 0.0763. The highest BCUT2D eigenvalue weighted by molar-refractivity contribution is 6.44. The van der Waals surface area contributed by atoms with Gasteiger partial charge in [0.25, 0.3) is 0 Å². The summed E-state index contributed by atoms with van der Waals surface area (Å²) in [6.45, 7) is 3.19. The Labute approximate surface area is 291 Å². The number of rotatable bonds is 7. The Morgan fingerprint density at radius 2 is 1.98 bits per heavy atom. The molecule has 5 aromatic rings. The molecule has 0 aliphatic carbocycles. The van der Waals surface area contributed by atoms with Crippen LogP contribution >= 0.6 is 23.2 Å². The van der Waals surface area contributed by atoms with Gasteiger partial charge >= 0.3 is 0 Å². The molecule has 2 fully saturated rings. The minimum Gasteiger partial charge on any atom is -0.351 e. The van der Waals surface area contributed by atoms with Crippen LogP contribution in [0.1, 0.15) is 32.2 Å². The van der Waals surface area contributed by atoms with Crippen LogP contribution in [-0.2, 0) is 4.79 Å². The molecule has 3 aromatic heterocycles. The molecular weight excluding hydrogens is 671 g/mol. The number of carbonyl (C=O) groups is 1. The van der Waals surface area contributed by atoms with Crippen LogP contribution in [0.2, 0.25) is 10.0 Å². The first-order chi connectivity index (χ1) is 23.6. The highest BCUT2D eigenvalue weighted by Crippen LogP contribution is 2.46. The van der Waals surface area contributed by atoms with E-state index < -0.39 is 18.5 Å². The molecule has 0 N–H and O–H groups in total. The summed E-state index contributed by atoms with van der Waals surface area (Å²) < 4.78 is 29.4. The van der Waals surface area contributed by atoms with Crippen LogP contribution in [0.4, 0.5) is 14.6 Å². The monoisotopic (exact) mass is 703 g/mol. The van der Waals surface area contributed by atoms with Crippen molar-refractivity contribution in [3.63, 3.8) is 0 Å². The van der Waals surface area contributed by atoms with Gasteiger partial charge in [-0.1, -0.05) is 28.4 Å². The molecule has 2 saturated heterocycles. The van der Waals surface area contributed by atoms with Gasteiger partial charge in [0.05, 0.1) is 45.1 Å². The van der Waals surface area contributed by atoms with Crippen LogP contribution in [0.15, 0.2) is 48.7 Å². The Morgan fingerprint density at radius 1 is 1.18 bits per heavy atom. The fourth-order valence-corrected chi connectivity index (χ4v) is 7.81. The van der Waals surface area contributed by atoms with E-state index in [0.29, 0.717) is 87.3 Å². The van der Waals surface area contributed by atoms with Crippen LogP contribution in [0.25, 0.3) is 44.0 Å². The zero-order chi connectivity index (χ0) is 34.6. The fourth-order valence-electron chi connectivity index (χ4n) is 7.11. The average Bonchev–Trinajstić information content (AvgIpc) is 3.52. The summed E-state index contributed by atoms with van der Waals surface area (Å²) in [4.78, 5) is 28.4. The predicted octanol–water partition coefficient (Wildman–Crippen LogP) is 6.75. The average molecular weight is 705 g/mol. The zero-order valence-electron chi connectivity index (χ0n) is 27.2. The largest absolute Gasteiger partial charge is 0.351 e. The maximum absolute atomic E-state index is 14.8. The number of aromatic nitrogens is 5. The van der Waals surface area contributed by atoms with E-state index in [0.717, 1.165) is 0 Å². The van der Waals surface area contributed by atoms with Gasteiger partial charge in [0, 0.05) is 59.8 Å². The quantitative estimate of drug-likeness (QED) is 0.171. The number of hydrogen-bond donors (Lipinski definition) is 0. The summed E-state index contributed by atoms with van der Waals surface area (Å²) in [5.74, 6) is -0.102. The Bertz CT molecular complexity index is 2190. The van der Waals surface area contributed by atoms with E-state index in [4.69, 9.17) is 28.2 Å². The lowest BCUT2D eigenvalue weighted by Gasteiger charge is -2.52. The molecule has 0 bridgehead atoms. The topological polar surface area (TPSA) is 107 Å². The molecule has 49 heavy (non-hydrogen) atoms. The molecule has 252 valence electrons. The van der Waals surface area contributed by atoms with E-state index in [-0.39, 0.29) is 28.9 Å². The number of halogens is 4. The number of allylic oxidation sites excluding steroid dienone is 1. The molecule has 1 amide bonds. The van der Waals surface area contributed by atoms with Crippen molar-refractivity contribution in [2.45, 2.75) is 43.8 Å². The molecule has 2 atom stereocenters. The molecule has 0 unspecified atom stereocenters. The van der Waals surface area contributed by atoms with E-state index in [1.165, 1.54) is 18.2 Å². The molecule has 10 nitrogen and oxygen atoms in total. The summed E-state index contributed by atoms with van der Waals surface area (Å²) in [5, 5.41) is 20.5. The zero-order valence-corrected chi connectivity index (χ0v) is 28.7.